The molecule has 0 fully saturated rings. The molecule has 3 nitrogen and oxygen atoms in total. The van der Waals surface area contributed by atoms with Crippen LogP contribution in [0.3, 0.4) is 0 Å². The van der Waals surface area contributed by atoms with Crippen LogP contribution in [0.2, 0.25) is 0 Å². The number of carbonyl (C=O) groups is 1. The Morgan fingerprint density at radius 1 is 1.20 bits per heavy atom. The molecule has 0 aliphatic carbocycles. The van der Waals surface area contributed by atoms with Gasteiger partial charge in [-0.3, -0.25) is 4.79 Å². The van der Waals surface area contributed by atoms with Gasteiger partial charge in [0.05, 0.1) is 12.8 Å². The highest BCUT2D eigenvalue weighted by Crippen LogP contribution is 2.46. The van der Waals surface area contributed by atoms with Crippen molar-refractivity contribution in [3.63, 3.8) is 0 Å². The number of fused-ring (bicyclic) bond motifs is 1. The number of methoxy groups -OCH3 is 1. The molecule has 2 aromatic carbocycles. The topological polar surface area (TPSA) is 38.3 Å². The highest BCUT2D eigenvalue weighted by molar-refractivity contribution is 7.11. The van der Waals surface area contributed by atoms with Gasteiger partial charge in [0.2, 0.25) is 5.91 Å². The van der Waals surface area contributed by atoms with Crippen LogP contribution < -0.4 is 10.1 Å². The van der Waals surface area contributed by atoms with E-state index < -0.39 is 0 Å². The second-order valence-electron chi connectivity index (χ2n) is 5.98. The number of hydrogen-bond acceptors (Lipinski definition) is 3. The van der Waals surface area contributed by atoms with Crippen LogP contribution in [0.15, 0.2) is 53.9 Å². The Bertz CT molecular complexity index is 950. The molecular formula is C20H16FNO2S. The SMILES string of the molecule is COc1cccc(C2CC(=O)Nc3c(-c4cccc(F)c4)csc32)c1. The molecular weight excluding hydrogens is 337 g/mol. The zero-order valence-corrected chi connectivity index (χ0v) is 14.4. The van der Waals surface area contributed by atoms with E-state index in [1.165, 1.54) is 12.1 Å². The van der Waals surface area contributed by atoms with Crippen LogP contribution >= 0.6 is 11.3 Å². The van der Waals surface area contributed by atoms with Gasteiger partial charge in [-0.15, -0.1) is 11.3 Å². The van der Waals surface area contributed by atoms with Crippen molar-refractivity contribution in [2.75, 3.05) is 12.4 Å². The molecule has 0 radical (unpaired) electrons. The van der Waals surface area contributed by atoms with Crippen LogP contribution in [0, 0.1) is 5.82 Å². The number of nitrogens with one attached hydrogen (secondary N) is 1. The minimum Gasteiger partial charge on any atom is -0.497 e. The van der Waals surface area contributed by atoms with Crippen LogP contribution in [-0.2, 0) is 4.79 Å². The number of halogens is 1. The Balaban J connectivity index is 1.81. The first-order valence-electron chi connectivity index (χ1n) is 7.97. The Morgan fingerprint density at radius 3 is 2.84 bits per heavy atom. The molecule has 0 bridgehead atoms. The second kappa shape index (κ2) is 6.33. The van der Waals surface area contributed by atoms with Crippen molar-refractivity contribution >= 4 is 22.9 Å². The van der Waals surface area contributed by atoms with Crippen LogP contribution in [0.5, 0.6) is 5.75 Å². The van der Waals surface area contributed by atoms with E-state index in [-0.39, 0.29) is 17.6 Å². The molecule has 5 heteroatoms. The Morgan fingerprint density at radius 2 is 2.04 bits per heavy atom. The maximum Gasteiger partial charge on any atom is 0.225 e. The molecule has 1 aliphatic heterocycles. The summed E-state index contributed by atoms with van der Waals surface area (Å²) in [4.78, 5) is 13.4. The number of anilines is 1. The molecule has 0 spiro atoms. The first kappa shape index (κ1) is 15.8. The third-order valence-corrected chi connectivity index (χ3v) is 5.52. The van der Waals surface area contributed by atoms with E-state index in [0.29, 0.717) is 6.42 Å². The molecule has 1 unspecified atom stereocenters. The molecule has 126 valence electrons. The highest BCUT2D eigenvalue weighted by atomic mass is 32.1. The van der Waals surface area contributed by atoms with Gasteiger partial charge in [-0.05, 0) is 35.4 Å². The van der Waals surface area contributed by atoms with E-state index in [2.05, 4.69) is 5.32 Å². The van der Waals surface area contributed by atoms with Gasteiger partial charge in [0.25, 0.3) is 0 Å². The van der Waals surface area contributed by atoms with Crippen molar-refractivity contribution in [1.29, 1.82) is 0 Å². The summed E-state index contributed by atoms with van der Waals surface area (Å²) in [6, 6.07) is 14.2. The van der Waals surface area contributed by atoms with Gasteiger partial charge in [0, 0.05) is 28.2 Å². The van der Waals surface area contributed by atoms with E-state index in [1.54, 1.807) is 24.5 Å². The van der Waals surface area contributed by atoms with Crippen LogP contribution in [0.4, 0.5) is 10.1 Å². The molecule has 1 amide bonds. The van der Waals surface area contributed by atoms with Crippen molar-refractivity contribution in [2.24, 2.45) is 0 Å². The van der Waals surface area contributed by atoms with E-state index >= 15 is 0 Å². The number of carbonyl (C=O) groups excluding carboxylic acids is 1. The molecule has 1 aromatic heterocycles. The third-order valence-electron chi connectivity index (χ3n) is 4.42. The van der Waals surface area contributed by atoms with Gasteiger partial charge in [-0.1, -0.05) is 24.3 Å². The maximum absolute atomic E-state index is 13.6. The normalized spacial score (nSPS) is 16.2. The van der Waals surface area contributed by atoms with E-state index in [0.717, 1.165) is 33.0 Å². The van der Waals surface area contributed by atoms with Crippen LogP contribution in [0.1, 0.15) is 22.8 Å². The van der Waals surface area contributed by atoms with E-state index in [9.17, 15) is 9.18 Å². The number of rotatable bonds is 3. The summed E-state index contributed by atoms with van der Waals surface area (Å²) < 4.78 is 18.9. The summed E-state index contributed by atoms with van der Waals surface area (Å²) in [5.41, 5.74) is 3.47. The lowest BCUT2D eigenvalue weighted by Gasteiger charge is -2.24. The molecule has 4 rings (SSSR count). The van der Waals surface area contributed by atoms with Gasteiger partial charge in [0.15, 0.2) is 0 Å². The first-order valence-corrected chi connectivity index (χ1v) is 8.85. The molecule has 1 N–H and O–H groups in total. The number of ether oxygens (including phenoxy) is 1. The van der Waals surface area contributed by atoms with Crippen molar-refractivity contribution < 1.29 is 13.9 Å². The summed E-state index contributed by atoms with van der Waals surface area (Å²) in [5.74, 6) is 0.429. The van der Waals surface area contributed by atoms with Gasteiger partial charge >= 0.3 is 0 Å². The number of amides is 1. The fraction of sp³-hybridized carbons (Fsp3) is 0.150. The predicted octanol–water partition coefficient (Wildman–Crippen LogP) is 5.04. The summed E-state index contributed by atoms with van der Waals surface area (Å²) in [6.45, 7) is 0. The molecule has 2 heterocycles. The minimum absolute atomic E-state index is 0.0221. The lowest BCUT2D eigenvalue weighted by Crippen LogP contribution is -2.22. The summed E-state index contributed by atoms with van der Waals surface area (Å²) in [7, 11) is 1.63. The second-order valence-corrected chi connectivity index (χ2v) is 6.89. The number of hydrogen-bond donors (Lipinski definition) is 1. The monoisotopic (exact) mass is 353 g/mol. The largest absolute Gasteiger partial charge is 0.497 e. The van der Waals surface area contributed by atoms with E-state index in [4.69, 9.17) is 4.74 Å². The van der Waals surface area contributed by atoms with Gasteiger partial charge in [0.1, 0.15) is 11.6 Å². The van der Waals surface area contributed by atoms with Crippen LogP contribution in [0.25, 0.3) is 11.1 Å². The third kappa shape index (κ3) is 2.91. The standard InChI is InChI=1S/C20H16FNO2S/c1-24-15-7-3-5-13(9-15)16-10-18(23)22-19-17(11-25-20(16)19)12-4-2-6-14(21)8-12/h2-9,11,16H,10H2,1H3,(H,22,23). The Hall–Kier alpha value is -2.66. The van der Waals surface area contributed by atoms with Crippen molar-refractivity contribution in [3.8, 4) is 16.9 Å². The summed E-state index contributed by atoms with van der Waals surface area (Å²) >= 11 is 1.59. The Kier molecular flexibility index (Phi) is 4.01. The van der Waals surface area contributed by atoms with Gasteiger partial charge in [-0.25, -0.2) is 4.39 Å². The number of thiophene rings is 1. The van der Waals surface area contributed by atoms with Gasteiger partial charge < -0.3 is 10.1 Å². The van der Waals surface area contributed by atoms with Crippen molar-refractivity contribution in [3.05, 3.63) is 70.2 Å². The maximum atomic E-state index is 13.6. The average Bonchev–Trinajstić information content (AvgIpc) is 3.04. The minimum atomic E-state index is -0.288. The molecule has 0 saturated heterocycles. The number of benzene rings is 2. The average molecular weight is 353 g/mol. The molecule has 1 atom stereocenters. The molecule has 0 saturated carbocycles. The van der Waals surface area contributed by atoms with Crippen molar-refractivity contribution in [2.45, 2.75) is 12.3 Å². The molecule has 3 aromatic rings. The fourth-order valence-corrected chi connectivity index (χ4v) is 4.38. The van der Waals surface area contributed by atoms with Gasteiger partial charge in [-0.2, -0.15) is 0 Å². The first-order chi connectivity index (χ1) is 12.2. The fourth-order valence-electron chi connectivity index (χ4n) is 3.22. The quantitative estimate of drug-likeness (QED) is 0.717. The lowest BCUT2D eigenvalue weighted by atomic mass is 9.89. The zero-order chi connectivity index (χ0) is 17.4. The van der Waals surface area contributed by atoms with E-state index in [1.807, 2.05) is 35.7 Å². The zero-order valence-electron chi connectivity index (χ0n) is 13.6. The predicted molar refractivity (Wildman–Crippen MR) is 97.8 cm³/mol. The van der Waals surface area contributed by atoms with Crippen LogP contribution in [-0.4, -0.2) is 13.0 Å². The van der Waals surface area contributed by atoms with Crippen molar-refractivity contribution in [1.82, 2.24) is 0 Å². The Labute approximate surface area is 149 Å². The smallest absolute Gasteiger partial charge is 0.225 e. The molecule has 1 aliphatic rings. The molecule has 25 heavy (non-hydrogen) atoms. The highest BCUT2D eigenvalue weighted by Gasteiger charge is 2.30. The summed E-state index contributed by atoms with van der Waals surface area (Å²) in [5, 5.41) is 4.96. The lowest BCUT2D eigenvalue weighted by molar-refractivity contribution is -0.116. The summed E-state index contributed by atoms with van der Waals surface area (Å²) in [6.07, 6.45) is 0.392.